The Kier molecular flexibility index (Phi) is 12.7. The number of nitrogens with two attached hydrogens (primary N) is 3. The monoisotopic (exact) mass is 522 g/mol. The Labute approximate surface area is 213 Å². The molecule has 0 heterocycles. The number of carbonyl (C=O) groups excluding carboxylic acids is 5. The highest BCUT2D eigenvalue weighted by Gasteiger charge is 2.31. The maximum Gasteiger partial charge on any atom is 0.326 e. The standard InChI is InChI=1S/C23H34N6O8/c1-12(30)19(26)22(35)29-16(11-13-5-3-2-4-6-13)21(34)27-14(7-9-17(24)31)20(33)28-15(23(36)37)8-10-18(25)32/h2-6,12,14-16,19,30H,7-11,26H2,1H3,(H2,24,31)(H2,25,32)(H,27,34)(H,28,33)(H,29,35)(H,36,37). The number of nitrogens with one attached hydrogen (secondary N) is 3. The first kappa shape index (κ1) is 31.0. The van der Waals surface area contributed by atoms with Crippen molar-refractivity contribution in [3.05, 3.63) is 35.9 Å². The van der Waals surface area contributed by atoms with Crippen LogP contribution in [-0.2, 0) is 35.2 Å². The lowest BCUT2D eigenvalue weighted by Crippen LogP contribution is -2.58. The number of hydrogen-bond donors (Lipinski definition) is 8. The van der Waals surface area contributed by atoms with E-state index in [1.54, 1.807) is 30.3 Å². The van der Waals surface area contributed by atoms with E-state index in [1.807, 2.05) is 0 Å². The molecule has 1 aromatic rings. The predicted molar refractivity (Wildman–Crippen MR) is 130 cm³/mol. The average molecular weight is 523 g/mol. The van der Waals surface area contributed by atoms with E-state index in [-0.39, 0.29) is 32.1 Å². The molecule has 1 aromatic carbocycles. The summed E-state index contributed by atoms with van der Waals surface area (Å²) in [7, 11) is 0. The molecule has 204 valence electrons. The third-order valence-electron chi connectivity index (χ3n) is 5.34. The summed E-state index contributed by atoms with van der Waals surface area (Å²) in [6.45, 7) is 1.30. The number of carbonyl (C=O) groups is 6. The number of hydrogen-bond acceptors (Lipinski definition) is 8. The van der Waals surface area contributed by atoms with Crippen molar-refractivity contribution in [2.45, 2.75) is 69.3 Å². The van der Waals surface area contributed by atoms with Crippen molar-refractivity contribution >= 4 is 35.5 Å². The van der Waals surface area contributed by atoms with Gasteiger partial charge in [0.15, 0.2) is 0 Å². The second-order valence-electron chi connectivity index (χ2n) is 8.49. The van der Waals surface area contributed by atoms with Crippen LogP contribution in [0.5, 0.6) is 0 Å². The minimum Gasteiger partial charge on any atom is -0.480 e. The molecule has 0 fully saturated rings. The van der Waals surface area contributed by atoms with Crippen LogP contribution in [0.4, 0.5) is 0 Å². The molecule has 5 atom stereocenters. The highest BCUT2D eigenvalue weighted by Crippen LogP contribution is 2.07. The molecule has 37 heavy (non-hydrogen) atoms. The van der Waals surface area contributed by atoms with Crippen molar-refractivity contribution in [3.8, 4) is 0 Å². The molecule has 0 spiro atoms. The normalized spacial score (nSPS) is 14.8. The fraction of sp³-hybridized carbons (Fsp3) is 0.478. The minimum atomic E-state index is -1.49. The molecule has 14 nitrogen and oxygen atoms in total. The average Bonchev–Trinajstić information content (AvgIpc) is 2.83. The van der Waals surface area contributed by atoms with Gasteiger partial charge >= 0.3 is 5.97 Å². The van der Waals surface area contributed by atoms with Crippen LogP contribution in [0.15, 0.2) is 30.3 Å². The number of primary amides is 2. The third-order valence-corrected chi connectivity index (χ3v) is 5.34. The Morgan fingerprint density at radius 3 is 1.73 bits per heavy atom. The smallest absolute Gasteiger partial charge is 0.326 e. The Morgan fingerprint density at radius 1 is 0.784 bits per heavy atom. The van der Waals surface area contributed by atoms with Gasteiger partial charge in [-0.2, -0.15) is 0 Å². The Balaban J connectivity index is 3.13. The van der Waals surface area contributed by atoms with Crippen LogP contribution in [-0.4, -0.2) is 76.0 Å². The lowest BCUT2D eigenvalue weighted by atomic mass is 10.0. The Hall–Kier alpha value is -4.04. The molecule has 0 aliphatic heterocycles. The Morgan fingerprint density at radius 2 is 1.24 bits per heavy atom. The van der Waals surface area contributed by atoms with Gasteiger partial charge in [-0.3, -0.25) is 24.0 Å². The largest absolute Gasteiger partial charge is 0.480 e. The topological polar surface area (TPSA) is 257 Å². The number of rotatable bonds is 16. The molecular formula is C23H34N6O8. The second kappa shape index (κ2) is 15.2. The quantitative estimate of drug-likeness (QED) is 0.110. The molecule has 14 heteroatoms. The molecule has 1 rings (SSSR count). The summed E-state index contributed by atoms with van der Waals surface area (Å²) in [6, 6.07) is 3.12. The fourth-order valence-electron chi connectivity index (χ4n) is 3.19. The van der Waals surface area contributed by atoms with E-state index in [1.165, 1.54) is 6.92 Å². The van der Waals surface area contributed by atoms with Gasteiger partial charge in [0.1, 0.15) is 24.2 Å². The molecule has 0 aliphatic carbocycles. The molecular weight excluding hydrogens is 488 g/mol. The number of carboxylic acids is 1. The van der Waals surface area contributed by atoms with Crippen molar-refractivity contribution < 1.29 is 39.0 Å². The fourth-order valence-corrected chi connectivity index (χ4v) is 3.19. The van der Waals surface area contributed by atoms with E-state index in [0.717, 1.165) is 0 Å². The number of aliphatic hydroxyl groups is 1. The van der Waals surface area contributed by atoms with Crippen molar-refractivity contribution in [2.24, 2.45) is 17.2 Å². The van der Waals surface area contributed by atoms with Crippen LogP contribution in [0.1, 0.15) is 38.2 Å². The van der Waals surface area contributed by atoms with Gasteiger partial charge in [-0.05, 0) is 25.3 Å². The summed E-state index contributed by atoms with van der Waals surface area (Å²) in [5, 5.41) is 26.0. The minimum absolute atomic E-state index is 0.00847. The van der Waals surface area contributed by atoms with Gasteiger partial charge in [0.2, 0.25) is 29.5 Å². The van der Waals surface area contributed by atoms with Gasteiger partial charge in [-0.1, -0.05) is 30.3 Å². The molecule has 0 aromatic heterocycles. The highest BCUT2D eigenvalue weighted by atomic mass is 16.4. The molecule has 5 unspecified atom stereocenters. The summed E-state index contributed by atoms with van der Waals surface area (Å²) in [6.07, 6.45) is -2.41. The van der Waals surface area contributed by atoms with E-state index < -0.39 is 65.8 Å². The van der Waals surface area contributed by atoms with E-state index in [9.17, 15) is 39.0 Å². The first-order valence-electron chi connectivity index (χ1n) is 11.5. The molecule has 0 saturated heterocycles. The molecule has 0 saturated carbocycles. The zero-order valence-corrected chi connectivity index (χ0v) is 20.4. The van der Waals surface area contributed by atoms with Gasteiger partial charge in [0.05, 0.1) is 6.10 Å². The number of aliphatic carboxylic acids is 1. The van der Waals surface area contributed by atoms with Crippen LogP contribution in [0.2, 0.25) is 0 Å². The van der Waals surface area contributed by atoms with Gasteiger partial charge in [0, 0.05) is 19.3 Å². The van der Waals surface area contributed by atoms with Gasteiger partial charge in [-0.15, -0.1) is 0 Å². The lowest BCUT2D eigenvalue weighted by molar-refractivity contribution is -0.142. The van der Waals surface area contributed by atoms with E-state index in [4.69, 9.17) is 17.2 Å². The van der Waals surface area contributed by atoms with Crippen molar-refractivity contribution in [1.29, 1.82) is 0 Å². The van der Waals surface area contributed by atoms with Gasteiger partial charge < -0.3 is 43.4 Å². The van der Waals surface area contributed by atoms with Crippen LogP contribution < -0.4 is 33.2 Å². The highest BCUT2D eigenvalue weighted by molar-refractivity contribution is 5.94. The van der Waals surface area contributed by atoms with Crippen LogP contribution in [0.25, 0.3) is 0 Å². The number of amides is 5. The maximum absolute atomic E-state index is 13.2. The molecule has 0 bridgehead atoms. The van der Waals surface area contributed by atoms with Gasteiger partial charge in [-0.25, -0.2) is 4.79 Å². The number of aliphatic hydroxyl groups excluding tert-OH is 1. The summed E-state index contributed by atoms with van der Waals surface area (Å²) in [5.41, 5.74) is 16.5. The molecule has 0 radical (unpaired) electrons. The van der Waals surface area contributed by atoms with E-state index >= 15 is 0 Å². The summed E-state index contributed by atoms with van der Waals surface area (Å²) in [5.74, 6) is -5.57. The molecule has 5 amide bonds. The lowest BCUT2D eigenvalue weighted by Gasteiger charge is -2.25. The van der Waals surface area contributed by atoms with Crippen molar-refractivity contribution in [3.63, 3.8) is 0 Å². The SMILES string of the molecule is CC(O)C(N)C(=O)NC(Cc1ccccc1)C(=O)NC(CCC(N)=O)C(=O)NC(CCC(N)=O)C(=O)O. The maximum atomic E-state index is 13.2. The first-order valence-corrected chi connectivity index (χ1v) is 11.5. The number of carboxylic acid groups (broad SMARTS) is 1. The third kappa shape index (κ3) is 11.5. The summed E-state index contributed by atoms with van der Waals surface area (Å²) in [4.78, 5) is 72.3. The predicted octanol–water partition coefficient (Wildman–Crippen LogP) is -2.99. The van der Waals surface area contributed by atoms with Crippen molar-refractivity contribution in [1.82, 2.24) is 16.0 Å². The van der Waals surface area contributed by atoms with Crippen LogP contribution in [0.3, 0.4) is 0 Å². The zero-order chi connectivity index (χ0) is 28.1. The molecule has 0 aliphatic rings. The molecule has 11 N–H and O–H groups in total. The Bertz CT molecular complexity index is 971. The van der Waals surface area contributed by atoms with Crippen molar-refractivity contribution in [2.75, 3.05) is 0 Å². The van der Waals surface area contributed by atoms with Crippen LogP contribution in [0, 0.1) is 0 Å². The zero-order valence-electron chi connectivity index (χ0n) is 20.4. The van der Waals surface area contributed by atoms with Gasteiger partial charge in [0.25, 0.3) is 0 Å². The second-order valence-corrected chi connectivity index (χ2v) is 8.49. The first-order chi connectivity index (χ1) is 17.3. The summed E-state index contributed by atoms with van der Waals surface area (Å²) < 4.78 is 0. The summed E-state index contributed by atoms with van der Waals surface area (Å²) >= 11 is 0. The van der Waals surface area contributed by atoms with E-state index in [0.29, 0.717) is 5.56 Å². The van der Waals surface area contributed by atoms with E-state index in [2.05, 4.69) is 16.0 Å². The number of benzene rings is 1. The van der Waals surface area contributed by atoms with Crippen LogP contribution >= 0.6 is 0 Å².